The van der Waals surface area contributed by atoms with Crippen LogP contribution in [0.1, 0.15) is 11.5 Å². The first kappa shape index (κ1) is 16.0. The summed E-state index contributed by atoms with van der Waals surface area (Å²) in [4.78, 5) is 14.9. The van der Waals surface area contributed by atoms with E-state index in [0.29, 0.717) is 17.3 Å². The number of nitro groups is 1. The van der Waals surface area contributed by atoms with Crippen molar-refractivity contribution < 1.29 is 14.1 Å². The highest BCUT2D eigenvalue weighted by Gasteiger charge is 2.18. The highest BCUT2D eigenvalue weighted by atomic mass is 35.5. The second-order valence-electron chi connectivity index (χ2n) is 5.05. The number of nitro benzene ring substituents is 1. The van der Waals surface area contributed by atoms with Gasteiger partial charge in [0.25, 0.3) is 0 Å². The molecule has 24 heavy (non-hydrogen) atoms. The van der Waals surface area contributed by atoms with E-state index >= 15 is 0 Å². The average molecular weight is 345 g/mol. The Labute approximate surface area is 142 Å². The summed E-state index contributed by atoms with van der Waals surface area (Å²) in [7, 11) is 0. The van der Waals surface area contributed by atoms with E-state index in [4.69, 9.17) is 20.8 Å². The van der Waals surface area contributed by atoms with Crippen molar-refractivity contribution >= 4 is 17.3 Å². The van der Waals surface area contributed by atoms with E-state index in [9.17, 15) is 10.1 Å². The lowest BCUT2D eigenvalue weighted by Gasteiger charge is -2.05. The Bertz CT molecular complexity index is 878. The van der Waals surface area contributed by atoms with E-state index < -0.39 is 4.92 Å². The molecule has 7 heteroatoms. The second-order valence-corrected chi connectivity index (χ2v) is 5.48. The summed E-state index contributed by atoms with van der Waals surface area (Å²) in [6.07, 6.45) is 0. The molecule has 0 radical (unpaired) electrons. The van der Waals surface area contributed by atoms with Gasteiger partial charge in [0.2, 0.25) is 5.89 Å². The van der Waals surface area contributed by atoms with Crippen LogP contribution in [0.15, 0.2) is 52.9 Å². The van der Waals surface area contributed by atoms with Crippen LogP contribution in [0, 0.1) is 17.0 Å². The number of hydrogen-bond acceptors (Lipinski definition) is 5. The van der Waals surface area contributed by atoms with Gasteiger partial charge in [-0.2, -0.15) is 0 Å². The van der Waals surface area contributed by atoms with Crippen LogP contribution in [0.4, 0.5) is 5.69 Å². The van der Waals surface area contributed by atoms with Crippen LogP contribution >= 0.6 is 11.6 Å². The predicted octanol–water partition coefficient (Wildman–Crippen LogP) is 4.79. The lowest BCUT2D eigenvalue weighted by molar-refractivity contribution is -0.385. The first-order valence-corrected chi connectivity index (χ1v) is 7.51. The average Bonchev–Trinajstić information content (AvgIpc) is 2.95. The molecule has 0 saturated heterocycles. The quantitative estimate of drug-likeness (QED) is 0.491. The zero-order chi connectivity index (χ0) is 17.1. The monoisotopic (exact) mass is 344 g/mol. The van der Waals surface area contributed by atoms with Crippen LogP contribution in [0.5, 0.6) is 5.75 Å². The standard InChI is InChI=1S/C17H13ClN2O4/c1-11-14(19-17(24-11)12-5-3-2-4-6-12)10-23-16-8-7-13(18)9-15(16)20(21)22/h2-9H,10H2,1H3. The maximum atomic E-state index is 11.1. The third-order valence-electron chi connectivity index (χ3n) is 3.40. The molecule has 0 aliphatic rings. The summed E-state index contributed by atoms with van der Waals surface area (Å²) in [6, 6.07) is 13.7. The van der Waals surface area contributed by atoms with E-state index in [1.807, 2.05) is 30.3 Å². The molecule has 3 aromatic rings. The van der Waals surface area contributed by atoms with Gasteiger partial charge in [-0.25, -0.2) is 4.98 Å². The first-order chi connectivity index (χ1) is 11.5. The Morgan fingerprint density at radius 2 is 2.00 bits per heavy atom. The third kappa shape index (κ3) is 3.38. The minimum absolute atomic E-state index is 0.0602. The number of oxazole rings is 1. The second kappa shape index (κ2) is 6.72. The Balaban J connectivity index is 1.81. The van der Waals surface area contributed by atoms with Crippen LogP contribution in [0.25, 0.3) is 11.5 Å². The summed E-state index contributed by atoms with van der Waals surface area (Å²) in [5.41, 5.74) is 1.24. The van der Waals surface area contributed by atoms with Gasteiger partial charge in [0.1, 0.15) is 18.1 Å². The molecule has 3 rings (SSSR count). The smallest absolute Gasteiger partial charge is 0.312 e. The molecule has 122 valence electrons. The highest BCUT2D eigenvalue weighted by molar-refractivity contribution is 6.30. The molecule has 1 heterocycles. The lowest BCUT2D eigenvalue weighted by Crippen LogP contribution is -2.00. The molecule has 2 aromatic carbocycles. The Hall–Kier alpha value is -2.86. The van der Waals surface area contributed by atoms with Gasteiger partial charge in [0.15, 0.2) is 5.75 Å². The van der Waals surface area contributed by atoms with Crippen LogP contribution < -0.4 is 4.74 Å². The molecule has 0 amide bonds. The summed E-state index contributed by atoms with van der Waals surface area (Å²) >= 11 is 5.79. The van der Waals surface area contributed by atoms with Crippen molar-refractivity contribution in [3.8, 4) is 17.2 Å². The molecule has 0 fully saturated rings. The fourth-order valence-corrected chi connectivity index (χ4v) is 2.33. The SMILES string of the molecule is Cc1oc(-c2ccccc2)nc1COc1ccc(Cl)cc1[N+](=O)[O-]. The van der Waals surface area contributed by atoms with Gasteiger partial charge in [-0.1, -0.05) is 29.8 Å². The van der Waals surface area contributed by atoms with E-state index in [0.717, 1.165) is 5.56 Å². The minimum Gasteiger partial charge on any atom is -0.480 e. The van der Waals surface area contributed by atoms with Gasteiger partial charge in [0.05, 0.1) is 4.92 Å². The lowest BCUT2D eigenvalue weighted by atomic mass is 10.2. The molecule has 0 atom stereocenters. The third-order valence-corrected chi connectivity index (χ3v) is 3.63. The van der Waals surface area contributed by atoms with Gasteiger partial charge in [0, 0.05) is 16.7 Å². The number of ether oxygens (including phenoxy) is 1. The van der Waals surface area contributed by atoms with Crippen molar-refractivity contribution in [2.24, 2.45) is 0 Å². The van der Waals surface area contributed by atoms with Crippen molar-refractivity contribution in [3.63, 3.8) is 0 Å². The van der Waals surface area contributed by atoms with Gasteiger partial charge in [-0.05, 0) is 31.2 Å². The molecule has 0 unspecified atom stereocenters. The van der Waals surface area contributed by atoms with Crippen molar-refractivity contribution in [2.45, 2.75) is 13.5 Å². The fraction of sp³-hybridized carbons (Fsp3) is 0.118. The van der Waals surface area contributed by atoms with Crippen molar-refractivity contribution in [2.75, 3.05) is 0 Å². The zero-order valence-corrected chi connectivity index (χ0v) is 13.5. The number of aryl methyl sites for hydroxylation is 1. The Morgan fingerprint density at radius 3 is 2.71 bits per heavy atom. The molecule has 0 spiro atoms. The minimum atomic E-state index is -0.535. The van der Waals surface area contributed by atoms with Gasteiger partial charge in [-0.3, -0.25) is 10.1 Å². The van der Waals surface area contributed by atoms with Crippen molar-refractivity contribution in [1.29, 1.82) is 0 Å². The normalized spacial score (nSPS) is 10.6. The fourth-order valence-electron chi connectivity index (χ4n) is 2.17. The van der Waals surface area contributed by atoms with Crippen LogP contribution in [-0.4, -0.2) is 9.91 Å². The van der Waals surface area contributed by atoms with E-state index in [-0.39, 0.29) is 23.1 Å². The number of benzene rings is 2. The van der Waals surface area contributed by atoms with Crippen LogP contribution in [0.2, 0.25) is 5.02 Å². The zero-order valence-electron chi connectivity index (χ0n) is 12.7. The van der Waals surface area contributed by atoms with E-state index in [1.165, 1.54) is 18.2 Å². The molecule has 0 N–H and O–H groups in total. The maximum absolute atomic E-state index is 11.1. The summed E-state index contributed by atoms with van der Waals surface area (Å²) in [5, 5.41) is 11.4. The van der Waals surface area contributed by atoms with Gasteiger partial charge < -0.3 is 9.15 Å². The number of rotatable bonds is 5. The first-order valence-electron chi connectivity index (χ1n) is 7.13. The molecular formula is C17H13ClN2O4. The summed E-state index contributed by atoms with van der Waals surface area (Å²) in [6.45, 7) is 1.83. The molecule has 0 aliphatic heterocycles. The molecule has 0 bridgehead atoms. The maximum Gasteiger partial charge on any atom is 0.312 e. The molecule has 1 aromatic heterocycles. The topological polar surface area (TPSA) is 78.4 Å². The van der Waals surface area contributed by atoms with E-state index in [2.05, 4.69) is 4.98 Å². The molecule has 0 aliphatic carbocycles. The van der Waals surface area contributed by atoms with Crippen LogP contribution in [-0.2, 0) is 6.61 Å². The Morgan fingerprint density at radius 1 is 1.25 bits per heavy atom. The summed E-state index contributed by atoms with van der Waals surface area (Å²) < 4.78 is 11.2. The van der Waals surface area contributed by atoms with Crippen molar-refractivity contribution in [3.05, 3.63) is 75.1 Å². The summed E-state index contributed by atoms with van der Waals surface area (Å²) in [5.74, 6) is 1.22. The molecular weight excluding hydrogens is 332 g/mol. The number of hydrogen-bond donors (Lipinski definition) is 0. The predicted molar refractivity (Wildman–Crippen MR) is 89.1 cm³/mol. The largest absolute Gasteiger partial charge is 0.480 e. The molecule has 0 saturated carbocycles. The molecule has 6 nitrogen and oxygen atoms in total. The van der Waals surface area contributed by atoms with Gasteiger partial charge >= 0.3 is 5.69 Å². The Kier molecular flexibility index (Phi) is 4.48. The highest BCUT2D eigenvalue weighted by Crippen LogP contribution is 2.31. The van der Waals surface area contributed by atoms with Crippen molar-refractivity contribution in [1.82, 2.24) is 4.98 Å². The van der Waals surface area contributed by atoms with Gasteiger partial charge in [-0.15, -0.1) is 0 Å². The van der Waals surface area contributed by atoms with Crippen LogP contribution in [0.3, 0.4) is 0 Å². The number of halogens is 1. The number of aromatic nitrogens is 1. The van der Waals surface area contributed by atoms with E-state index in [1.54, 1.807) is 6.92 Å². The number of nitrogens with zero attached hydrogens (tertiary/aromatic N) is 2.